The number of carbonyl (C=O) groups is 1. The lowest BCUT2D eigenvalue weighted by Crippen LogP contribution is -2.29. The number of nitrogens with one attached hydrogen (secondary N) is 1. The molecule has 1 atom stereocenters. The van der Waals surface area contributed by atoms with Crippen LogP contribution < -0.4 is 0 Å². The van der Waals surface area contributed by atoms with Gasteiger partial charge in [-0.25, -0.2) is 14.2 Å². The van der Waals surface area contributed by atoms with E-state index >= 15 is 0 Å². The minimum atomic E-state index is -0.948. The maximum atomic E-state index is 13.7. The van der Waals surface area contributed by atoms with E-state index in [0.717, 1.165) is 12.8 Å². The van der Waals surface area contributed by atoms with Crippen molar-refractivity contribution in [2.24, 2.45) is 0 Å². The quantitative estimate of drug-likeness (QED) is 0.885. The number of aromatic amines is 1. The SMILES string of the molecule is O=C(O)N1CCCC1c1ncc(-c2ccccc2F)[nH]1. The van der Waals surface area contributed by atoms with Gasteiger partial charge in [-0.2, -0.15) is 0 Å². The molecule has 1 aliphatic heterocycles. The van der Waals surface area contributed by atoms with Gasteiger partial charge in [0, 0.05) is 12.1 Å². The van der Waals surface area contributed by atoms with Gasteiger partial charge in [0.15, 0.2) is 0 Å². The lowest BCUT2D eigenvalue weighted by Gasteiger charge is -2.19. The van der Waals surface area contributed by atoms with Crippen LogP contribution in [0.15, 0.2) is 30.5 Å². The van der Waals surface area contributed by atoms with Crippen molar-refractivity contribution in [3.63, 3.8) is 0 Å². The summed E-state index contributed by atoms with van der Waals surface area (Å²) in [5.74, 6) is 0.243. The summed E-state index contributed by atoms with van der Waals surface area (Å²) in [5, 5.41) is 9.14. The molecule has 1 saturated heterocycles. The molecule has 0 bridgehead atoms. The van der Waals surface area contributed by atoms with E-state index in [2.05, 4.69) is 9.97 Å². The molecule has 1 aliphatic rings. The molecule has 6 heteroatoms. The van der Waals surface area contributed by atoms with Gasteiger partial charge in [0.05, 0.1) is 17.9 Å². The van der Waals surface area contributed by atoms with Crippen molar-refractivity contribution in [3.05, 3.63) is 42.1 Å². The first-order valence-electron chi connectivity index (χ1n) is 6.46. The number of nitrogens with zero attached hydrogens (tertiary/aromatic N) is 2. The van der Waals surface area contributed by atoms with E-state index in [4.69, 9.17) is 5.11 Å². The highest BCUT2D eigenvalue weighted by Crippen LogP contribution is 2.31. The number of likely N-dealkylation sites (tertiary alicyclic amines) is 1. The molecule has 1 aromatic carbocycles. The average molecular weight is 275 g/mol. The minimum absolute atomic E-state index is 0.270. The summed E-state index contributed by atoms with van der Waals surface area (Å²) < 4.78 is 13.7. The van der Waals surface area contributed by atoms with Crippen molar-refractivity contribution in [1.29, 1.82) is 0 Å². The number of halogens is 1. The van der Waals surface area contributed by atoms with Crippen LogP contribution in [0.1, 0.15) is 24.7 Å². The van der Waals surface area contributed by atoms with Crippen molar-refractivity contribution in [2.75, 3.05) is 6.54 Å². The second kappa shape index (κ2) is 4.96. The molecule has 0 aliphatic carbocycles. The van der Waals surface area contributed by atoms with Gasteiger partial charge in [0.2, 0.25) is 0 Å². The van der Waals surface area contributed by atoms with Gasteiger partial charge in [-0.1, -0.05) is 12.1 Å². The van der Waals surface area contributed by atoms with Gasteiger partial charge in [-0.15, -0.1) is 0 Å². The molecule has 0 radical (unpaired) electrons. The molecule has 1 unspecified atom stereocenters. The van der Waals surface area contributed by atoms with E-state index in [1.165, 1.54) is 11.0 Å². The van der Waals surface area contributed by atoms with Gasteiger partial charge >= 0.3 is 6.09 Å². The first kappa shape index (κ1) is 12.7. The van der Waals surface area contributed by atoms with Gasteiger partial charge in [-0.05, 0) is 25.0 Å². The summed E-state index contributed by atoms with van der Waals surface area (Å²) in [7, 11) is 0. The summed E-state index contributed by atoms with van der Waals surface area (Å²) in [6.45, 7) is 0.510. The molecule has 1 amide bonds. The van der Waals surface area contributed by atoms with Gasteiger partial charge in [-0.3, -0.25) is 4.90 Å². The van der Waals surface area contributed by atoms with Crippen LogP contribution in [0, 0.1) is 5.82 Å². The first-order chi connectivity index (χ1) is 9.66. The van der Waals surface area contributed by atoms with Crippen molar-refractivity contribution in [2.45, 2.75) is 18.9 Å². The minimum Gasteiger partial charge on any atom is -0.465 e. The zero-order valence-electron chi connectivity index (χ0n) is 10.7. The largest absolute Gasteiger partial charge is 0.465 e. The van der Waals surface area contributed by atoms with Crippen molar-refractivity contribution < 1.29 is 14.3 Å². The first-order valence-corrected chi connectivity index (χ1v) is 6.46. The van der Waals surface area contributed by atoms with E-state index in [1.807, 2.05) is 0 Å². The van der Waals surface area contributed by atoms with E-state index in [-0.39, 0.29) is 11.9 Å². The monoisotopic (exact) mass is 275 g/mol. The Balaban J connectivity index is 1.91. The van der Waals surface area contributed by atoms with Gasteiger partial charge < -0.3 is 10.1 Å². The van der Waals surface area contributed by atoms with Gasteiger partial charge in [0.25, 0.3) is 0 Å². The van der Waals surface area contributed by atoms with Gasteiger partial charge in [0.1, 0.15) is 11.6 Å². The third-order valence-corrected chi connectivity index (χ3v) is 3.57. The smallest absolute Gasteiger partial charge is 0.407 e. The molecule has 1 fully saturated rings. The molecule has 2 heterocycles. The topological polar surface area (TPSA) is 69.2 Å². The van der Waals surface area contributed by atoms with E-state index in [9.17, 15) is 9.18 Å². The second-order valence-corrected chi connectivity index (χ2v) is 4.80. The number of H-pyrrole nitrogens is 1. The van der Waals surface area contributed by atoms with Crippen molar-refractivity contribution in [3.8, 4) is 11.3 Å². The number of imidazole rings is 1. The summed E-state index contributed by atoms with van der Waals surface area (Å²) in [6, 6.07) is 6.15. The van der Waals surface area contributed by atoms with Crippen LogP contribution in [0.3, 0.4) is 0 Å². The fraction of sp³-hybridized carbons (Fsp3) is 0.286. The maximum Gasteiger partial charge on any atom is 0.407 e. The molecular formula is C14H14FN3O2. The van der Waals surface area contributed by atoms with Crippen LogP contribution >= 0.6 is 0 Å². The Bertz CT molecular complexity index is 641. The van der Waals surface area contributed by atoms with Crippen molar-refractivity contribution in [1.82, 2.24) is 14.9 Å². The Morgan fingerprint density at radius 3 is 3.00 bits per heavy atom. The predicted octanol–water partition coefficient (Wildman–Crippen LogP) is 3.03. The second-order valence-electron chi connectivity index (χ2n) is 4.80. The highest BCUT2D eigenvalue weighted by Gasteiger charge is 2.31. The molecule has 104 valence electrons. The Morgan fingerprint density at radius 1 is 1.45 bits per heavy atom. The summed E-state index contributed by atoms with van der Waals surface area (Å²) in [4.78, 5) is 19.8. The molecule has 3 rings (SSSR count). The Morgan fingerprint density at radius 2 is 2.25 bits per heavy atom. The number of hydrogen-bond acceptors (Lipinski definition) is 2. The standard InChI is InChI=1S/C14H14FN3O2/c15-10-5-2-1-4-9(10)11-8-16-13(17-11)12-6-3-7-18(12)14(19)20/h1-2,4-5,8,12H,3,6-7H2,(H,16,17)(H,19,20). The van der Waals surface area contributed by atoms with Crippen LogP contribution in [-0.2, 0) is 0 Å². The molecule has 2 aromatic rings. The Hall–Kier alpha value is -2.37. The molecule has 1 aromatic heterocycles. The van der Waals surface area contributed by atoms with Crippen LogP contribution in [-0.4, -0.2) is 32.6 Å². The summed E-state index contributed by atoms with van der Waals surface area (Å²) in [5.41, 5.74) is 1.00. The van der Waals surface area contributed by atoms with Crippen LogP contribution in [0.25, 0.3) is 11.3 Å². The van der Waals surface area contributed by atoms with E-state index < -0.39 is 6.09 Å². The lowest BCUT2D eigenvalue weighted by molar-refractivity contribution is 0.139. The molecule has 20 heavy (non-hydrogen) atoms. The third-order valence-electron chi connectivity index (χ3n) is 3.57. The fourth-order valence-corrected chi connectivity index (χ4v) is 2.60. The number of carboxylic acid groups (broad SMARTS) is 1. The number of amides is 1. The molecule has 2 N–H and O–H groups in total. The number of hydrogen-bond donors (Lipinski definition) is 2. The van der Waals surface area contributed by atoms with E-state index in [1.54, 1.807) is 24.4 Å². The lowest BCUT2D eigenvalue weighted by atomic mass is 10.1. The van der Waals surface area contributed by atoms with E-state index in [0.29, 0.717) is 23.6 Å². The Labute approximate surface area is 115 Å². The molecule has 5 nitrogen and oxygen atoms in total. The third kappa shape index (κ3) is 2.13. The highest BCUT2D eigenvalue weighted by atomic mass is 19.1. The Kier molecular flexibility index (Phi) is 3.14. The van der Waals surface area contributed by atoms with Crippen LogP contribution in [0.4, 0.5) is 9.18 Å². The predicted molar refractivity (Wildman–Crippen MR) is 70.7 cm³/mol. The number of rotatable bonds is 2. The fourth-order valence-electron chi connectivity index (χ4n) is 2.60. The average Bonchev–Trinajstić information content (AvgIpc) is 3.07. The zero-order valence-corrected chi connectivity index (χ0v) is 10.7. The summed E-state index contributed by atoms with van der Waals surface area (Å²) in [6.07, 6.45) is 2.14. The highest BCUT2D eigenvalue weighted by molar-refractivity contribution is 5.66. The van der Waals surface area contributed by atoms with Crippen molar-refractivity contribution >= 4 is 6.09 Å². The number of aromatic nitrogens is 2. The molecule has 0 saturated carbocycles. The molecular weight excluding hydrogens is 261 g/mol. The molecule has 0 spiro atoms. The van der Waals surface area contributed by atoms with Crippen LogP contribution in [0.2, 0.25) is 0 Å². The zero-order chi connectivity index (χ0) is 14.1. The van der Waals surface area contributed by atoms with Crippen LogP contribution in [0.5, 0.6) is 0 Å². The maximum absolute atomic E-state index is 13.7. The normalized spacial score (nSPS) is 18.4. The summed E-state index contributed by atoms with van der Waals surface area (Å²) >= 11 is 0. The number of benzene rings is 1.